The van der Waals surface area contributed by atoms with Crippen LogP contribution in [0.5, 0.6) is 0 Å². The first-order valence-electron chi connectivity index (χ1n) is 9.22. The van der Waals surface area contributed by atoms with Gasteiger partial charge >= 0.3 is 12.1 Å². The number of rotatable bonds is 5. The second-order valence-electron chi connectivity index (χ2n) is 6.99. The fraction of sp³-hybridized carbons (Fsp3) is 0.333. The number of nitrogens with zero attached hydrogens (tertiary/aromatic N) is 1. The van der Waals surface area contributed by atoms with Crippen molar-refractivity contribution in [2.45, 2.75) is 36.9 Å². The molecule has 1 aliphatic heterocycles. The molecule has 0 fully saturated rings. The molecule has 0 N–H and O–H groups in total. The molecule has 0 radical (unpaired) electrons. The van der Waals surface area contributed by atoms with E-state index in [9.17, 15) is 18.0 Å². The Morgan fingerprint density at radius 1 is 1.23 bits per heavy atom. The Labute approximate surface area is 195 Å². The Bertz CT molecular complexity index is 1020. The Balaban J connectivity index is 2.00. The molecule has 0 aliphatic carbocycles. The van der Waals surface area contributed by atoms with Crippen LogP contribution >= 0.6 is 39.1 Å². The number of benzene rings is 2. The first-order valence-corrected chi connectivity index (χ1v) is 10.9. The minimum Gasteiger partial charge on any atom is -0.462 e. The van der Waals surface area contributed by atoms with Crippen LogP contribution in [0.1, 0.15) is 40.4 Å². The van der Waals surface area contributed by atoms with Crippen molar-refractivity contribution in [3.8, 4) is 0 Å². The van der Waals surface area contributed by atoms with Crippen molar-refractivity contribution < 1.29 is 27.5 Å². The van der Waals surface area contributed by atoms with Gasteiger partial charge in [-0.1, -0.05) is 57.3 Å². The molecule has 166 valence electrons. The molecule has 0 spiro atoms. The van der Waals surface area contributed by atoms with Gasteiger partial charge < -0.3 is 9.57 Å². The van der Waals surface area contributed by atoms with E-state index < -0.39 is 22.6 Å². The van der Waals surface area contributed by atoms with Crippen LogP contribution in [-0.2, 0) is 15.2 Å². The van der Waals surface area contributed by atoms with Gasteiger partial charge in [0.15, 0.2) is 0 Å². The Morgan fingerprint density at radius 3 is 2.42 bits per heavy atom. The molecule has 0 saturated carbocycles. The fourth-order valence-electron chi connectivity index (χ4n) is 3.26. The molecule has 0 bridgehead atoms. The summed E-state index contributed by atoms with van der Waals surface area (Å²) in [5.74, 6) is -0.496. The van der Waals surface area contributed by atoms with Crippen LogP contribution in [0.25, 0.3) is 0 Å². The van der Waals surface area contributed by atoms with Crippen LogP contribution in [0.2, 0.25) is 10.0 Å². The minimum absolute atomic E-state index is 0.0185. The molecular weight excluding hydrogens is 522 g/mol. The highest BCUT2D eigenvalue weighted by Crippen LogP contribution is 2.52. The Hall–Kier alpha value is -1.77. The molecular formula is C21H17BrCl2F3NO3. The average molecular weight is 539 g/mol. The number of hydrogen-bond donors (Lipinski definition) is 0. The van der Waals surface area contributed by atoms with Crippen molar-refractivity contribution in [2.75, 3.05) is 6.61 Å². The van der Waals surface area contributed by atoms with Gasteiger partial charge in [0.1, 0.15) is 10.5 Å². The summed E-state index contributed by atoms with van der Waals surface area (Å²) in [4.78, 5) is 15.8. The summed E-state index contributed by atoms with van der Waals surface area (Å²) in [7, 11) is 0. The molecule has 2 atom stereocenters. The Morgan fingerprint density at radius 2 is 1.87 bits per heavy atom. The SMILES string of the molecule is CCCOC(=O)c1ccc(C2=NOC(c3cc(Cl)cc(Cl)c3)(C(F)(F)F)C2Br)cc1C. The normalized spacial score (nSPS) is 20.9. The first-order chi connectivity index (χ1) is 14.5. The number of ether oxygens (including phenoxy) is 1. The van der Waals surface area contributed by atoms with Crippen LogP contribution in [0.4, 0.5) is 13.2 Å². The molecule has 2 aromatic carbocycles. The lowest BCUT2D eigenvalue weighted by Crippen LogP contribution is -2.50. The zero-order valence-corrected chi connectivity index (χ0v) is 19.5. The van der Waals surface area contributed by atoms with Crippen molar-refractivity contribution in [1.82, 2.24) is 0 Å². The second kappa shape index (κ2) is 9.00. The number of halogens is 6. The second-order valence-corrected chi connectivity index (χ2v) is 8.78. The van der Waals surface area contributed by atoms with E-state index in [4.69, 9.17) is 32.8 Å². The van der Waals surface area contributed by atoms with E-state index in [0.717, 1.165) is 12.1 Å². The quantitative estimate of drug-likeness (QED) is 0.310. The van der Waals surface area contributed by atoms with Gasteiger partial charge in [-0.3, -0.25) is 0 Å². The number of carbonyl (C=O) groups excluding carboxylic acids is 1. The maximum atomic E-state index is 14.3. The lowest BCUT2D eigenvalue weighted by atomic mass is 9.86. The van der Waals surface area contributed by atoms with Gasteiger partial charge in [0.2, 0.25) is 0 Å². The molecule has 0 amide bonds. The van der Waals surface area contributed by atoms with Gasteiger partial charge in [0.25, 0.3) is 5.60 Å². The van der Waals surface area contributed by atoms with Crippen LogP contribution in [0.15, 0.2) is 41.6 Å². The van der Waals surface area contributed by atoms with Crippen LogP contribution in [0, 0.1) is 6.92 Å². The number of aryl methyl sites for hydroxylation is 1. The zero-order valence-electron chi connectivity index (χ0n) is 16.4. The number of hydrogen-bond acceptors (Lipinski definition) is 4. The molecule has 1 aliphatic rings. The number of oxime groups is 1. The van der Waals surface area contributed by atoms with Crippen molar-refractivity contribution in [3.05, 3.63) is 68.7 Å². The molecule has 4 nitrogen and oxygen atoms in total. The van der Waals surface area contributed by atoms with E-state index in [0.29, 0.717) is 23.1 Å². The van der Waals surface area contributed by atoms with E-state index in [-0.39, 0.29) is 27.9 Å². The summed E-state index contributed by atoms with van der Waals surface area (Å²) in [6.45, 7) is 3.82. The monoisotopic (exact) mass is 537 g/mol. The smallest absolute Gasteiger partial charge is 0.436 e. The molecule has 1 heterocycles. The average Bonchev–Trinajstić information content (AvgIpc) is 3.03. The van der Waals surface area contributed by atoms with E-state index in [1.165, 1.54) is 18.2 Å². The van der Waals surface area contributed by atoms with Gasteiger partial charge in [-0.15, -0.1) is 0 Å². The van der Waals surface area contributed by atoms with E-state index in [2.05, 4.69) is 21.1 Å². The zero-order chi connectivity index (χ0) is 23.0. The highest BCUT2D eigenvalue weighted by Gasteiger charge is 2.67. The third kappa shape index (κ3) is 4.43. The third-order valence-corrected chi connectivity index (χ3v) is 6.29. The standard InChI is InChI=1S/C21H17BrCl2F3NO3/c1-3-6-30-19(29)16-5-4-12(7-11(16)2)17-18(22)20(31-28-17,21(25,26)27)13-8-14(23)10-15(24)9-13/h4-5,7-10,18H,3,6H2,1-2H3. The van der Waals surface area contributed by atoms with Crippen LogP contribution < -0.4 is 0 Å². The largest absolute Gasteiger partial charge is 0.462 e. The highest BCUT2D eigenvalue weighted by molar-refractivity contribution is 9.10. The topological polar surface area (TPSA) is 47.9 Å². The summed E-state index contributed by atoms with van der Waals surface area (Å²) < 4.78 is 48.0. The molecule has 0 aromatic heterocycles. The molecule has 3 rings (SSSR count). The number of alkyl halides is 4. The van der Waals surface area contributed by atoms with E-state index in [1.54, 1.807) is 13.0 Å². The predicted octanol–water partition coefficient (Wildman–Crippen LogP) is 6.82. The van der Waals surface area contributed by atoms with Gasteiger partial charge in [-0.2, -0.15) is 13.2 Å². The lowest BCUT2D eigenvalue weighted by Gasteiger charge is -2.33. The number of carbonyl (C=O) groups is 1. The van der Waals surface area contributed by atoms with E-state index in [1.807, 2.05) is 6.92 Å². The molecule has 10 heteroatoms. The van der Waals surface area contributed by atoms with Crippen molar-refractivity contribution in [3.63, 3.8) is 0 Å². The summed E-state index contributed by atoms with van der Waals surface area (Å²) >= 11 is 15.0. The van der Waals surface area contributed by atoms with Crippen LogP contribution in [-0.4, -0.2) is 29.3 Å². The fourth-order valence-corrected chi connectivity index (χ4v) is 4.74. The molecule has 31 heavy (non-hydrogen) atoms. The molecule has 0 saturated heterocycles. The summed E-state index contributed by atoms with van der Waals surface area (Å²) in [5, 5.41) is 3.83. The van der Waals surface area contributed by atoms with E-state index >= 15 is 0 Å². The van der Waals surface area contributed by atoms with Crippen molar-refractivity contribution >= 4 is 50.8 Å². The van der Waals surface area contributed by atoms with Crippen LogP contribution in [0.3, 0.4) is 0 Å². The summed E-state index contributed by atoms with van der Waals surface area (Å²) in [6, 6.07) is 8.18. The van der Waals surface area contributed by atoms with Crippen molar-refractivity contribution in [1.29, 1.82) is 0 Å². The maximum absolute atomic E-state index is 14.3. The maximum Gasteiger partial charge on any atom is 0.436 e. The third-order valence-electron chi connectivity index (χ3n) is 4.78. The highest BCUT2D eigenvalue weighted by atomic mass is 79.9. The van der Waals surface area contributed by atoms with Crippen molar-refractivity contribution in [2.24, 2.45) is 5.16 Å². The molecule has 2 aromatic rings. The number of esters is 1. The Kier molecular flexibility index (Phi) is 6.93. The lowest BCUT2D eigenvalue weighted by molar-refractivity contribution is -0.273. The molecule has 2 unspecified atom stereocenters. The first kappa shape index (κ1) is 23.9. The van der Waals surface area contributed by atoms with Gasteiger partial charge in [0.05, 0.1) is 12.2 Å². The summed E-state index contributed by atoms with van der Waals surface area (Å²) in [5.41, 5.74) is -1.86. The van der Waals surface area contributed by atoms with Gasteiger partial charge in [-0.25, -0.2) is 4.79 Å². The minimum atomic E-state index is -4.85. The predicted molar refractivity (Wildman–Crippen MR) is 116 cm³/mol. The summed E-state index contributed by atoms with van der Waals surface area (Å²) in [6.07, 6.45) is -4.17. The van der Waals surface area contributed by atoms with Gasteiger partial charge in [0, 0.05) is 21.2 Å². The van der Waals surface area contributed by atoms with Gasteiger partial charge in [-0.05, 0) is 49.2 Å².